The van der Waals surface area contributed by atoms with E-state index in [-0.39, 0.29) is 12.6 Å². The van der Waals surface area contributed by atoms with E-state index >= 15 is 0 Å². The van der Waals surface area contributed by atoms with Crippen molar-refractivity contribution in [1.82, 2.24) is 0 Å². The molecule has 1 aromatic carbocycles. The first kappa shape index (κ1) is 12.9. The molecular weight excluding hydrogens is 250 g/mol. The summed E-state index contributed by atoms with van der Waals surface area (Å²) in [5.41, 5.74) is 7.63. The number of aliphatic hydroxyl groups is 1. The predicted molar refractivity (Wildman–Crippen MR) is 79.4 cm³/mol. The second kappa shape index (κ2) is 5.51. The van der Waals surface area contributed by atoms with Crippen LogP contribution in [0.25, 0.3) is 0 Å². The lowest BCUT2D eigenvalue weighted by molar-refractivity contribution is -0.718. The van der Waals surface area contributed by atoms with Crippen molar-refractivity contribution in [3.05, 3.63) is 54.9 Å². The summed E-state index contributed by atoms with van der Waals surface area (Å²) in [6.07, 6.45) is 5.13. The Bertz CT molecular complexity index is 556. The molecule has 4 heteroatoms. The maximum Gasteiger partial charge on any atom is 0.177 e. The molecule has 1 aliphatic rings. The van der Waals surface area contributed by atoms with Crippen molar-refractivity contribution in [2.24, 2.45) is 0 Å². The molecule has 1 aromatic heterocycles. The molecule has 0 aliphatic carbocycles. The highest BCUT2D eigenvalue weighted by atomic mass is 16.3. The Hall–Kier alpha value is -2.07. The predicted octanol–water partition coefficient (Wildman–Crippen LogP) is 1.37. The number of nitrogen functional groups attached to an aromatic ring is 1. The summed E-state index contributed by atoms with van der Waals surface area (Å²) in [6.45, 7) is 1.08. The third-order valence-electron chi connectivity index (χ3n) is 3.99. The van der Waals surface area contributed by atoms with Crippen LogP contribution in [0.15, 0.2) is 54.9 Å². The molecule has 0 bridgehead atoms. The number of hydrogen-bond acceptors (Lipinski definition) is 3. The molecule has 1 fully saturated rings. The largest absolute Gasteiger partial charge is 0.399 e. The van der Waals surface area contributed by atoms with E-state index in [4.69, 9.17) is 5.73 Å². The molecule has 0 radical (unpaired) electrons. The van der Waals surface area contributed by atoms with Gasteiger partial charge in [0, 0.05) is 29.9 Å². The van der Waals surface area contributed by atoms with Crippen molar-refractivity contribution in [1.29, 1.82) is 0 Å². The molecule has 0 spiro atoms. The minimum atomic E-state index is 0.163. The SMILES string of the molecule is Nc1ccc(N2CC([n+]3ccccc3)CC2CO)cc1. The molecule has 0 saturated carbocycles. The van der Waals surface area contributed by atoms with Gasteiger partial charge < -0.3 is 15.7 Å². The van der Waals surface area contributed by atoms with E-state index in [1.807, 2.05) is 42.5 Å². The molecule has 1 aliphatic heterocycles. The molecule has 3 N–H and O–H groups in total. The Morgan fingerprint density at radius 2 is 1.85 bits per heavy atom. The van der Waals surface area contributed by atoms with Crippen LogP contribution in [0.4, 0.5) is 11.4 Å². The van der Waals surface area contributed by atoms with Crippen LogP contribution < -0.4 is 15.2 Å². The van der Waals surface area contributed by atoms with E-state index in [1.54, 1.807) is 0 Å². The summed E-state index contributed by atoms with van der Waals surface area (Å²) in [4.78, 5) is 2.27. The highest BCUT2D eigenvalue weighted by Crippen LogP contribution is 2.29. The lowest BCUT2D eigenvalue weighted by Gasteiger charge is -2.24. The Kier molecular flexibility index (Phi) is 3.56. The van der Waals surface area contributed by atoms with Crippen LogP contribution in [0, 0.1) is 0 Å². The van der Waals surface area contributed by atoms with Crippen LogP contribution >= 0.6 is 0 Å². The monoisotopic (exact) mass is 270 g/mol. The first-order valence-corrected chi connectivity index (χ1v) is 6.97. The zero-order valence-electron chi connectivity index (χ0n) is 11.4. The van der Waals surface area contributed by atoms with Crippen LogP contribution in [-0.2, 0) is 0 Å². The summed E-state index contributed by atoms with van der Waals surface area (Å²) in [5.74, 6) is 0. The zero-order valence-corrected chi connectivity index (χ0v) is 11.4. The van der Waals surface area contributed by atoms with E-state index < -0.39 is 0 Å². The number of hydrogen-bond donors (Lipinski definition) is 2. The summed E-state index contributed by atoms with van der Waals surface area (Å²) in [6, 6.07) is 14.5. The first-order valence-electron chi connectivity index (χ1n) is 6.97. The van der Waals surface area contributed by atoms with Crippen LogP contribution in [0.2, 0.25) is 0 Å². The van der Waals surface area contributed by atoms with Crippen LogP contribution in [0.5, 0.6) is 0 Å². The van der Waals surface area contributed by atoms with Crippen molar-refractivity contribution >= 4 is 11.4 Å². The number of pyridine rings is 1. The minimum Gasteiger partial charge on any atom is -0.399 e. The Morgan fingerprint density at radius 3 is 2.50 bits per heavy atom. The molecule has 3 rings (SSSR count). The van der Waals surface area contributed by atoms with Gasteiger partial charge in [-0.3, -0.25) is 0 Å². The highest BCUT2D eigenvalue weighted by Gasteiger charge is 2.36. The summed E-state index contributed by atoms with van der Waals surface area (Å²) < 4.78 is 2.22. The molecule has 1 saturated heterocycles. The first-order chi connectivity index (χ1) is 9.78. The topological polar surface area (TPSA) is 53.4 Å². The smallest absolute Gasteiger partial charge is 0.177 e. The zero-order chi connectivity index (χ0) is 13.9. The normalized spacial score (nSPS) is 22.1. The third kappa shape index (κ3) is 2.47. The van der Waals surface area contributed by atoms with Gasteiger partial charge in [0.25, 0.3) is 0 Å². The van der Waals surface area contributed by atoms with Crippen LogP contribution in [-0.4, -0.2) is 24.3 Å². The van der Waals surface area contributed by atoms with Gasteiger partial charge in [0.1, 0.15) is 0 Å². The fourth-order valence-electron chi connectivity index (χ4n) is 2.92. The Morgan fingerprint density at radius 1 is 1.15 bits per heavy atom. The maximum atomic E-state index is 9.64. The highest BCUT2D eigenvalue weighted by molar-refractivity contribution is 5.54. The van der Waals surface area contributed by atoms with Gasteiger partial charge in [-0.1, -0.05) is 6.07 Å². The summed E-state index contributed by atoms with van der Waals surface area (Å²) in [7, 11) is 0. The fraction of sp³-hybridized carbons (Fsp3) is 0.312. The lowest BCUT2D eigenvalue weighted by atomic mass is 10.1. The second-order valence-electron chi connectivity index (χ2n) is 5.29. The molecule has 104 valence electrons. The lowest BCUT2D eigenvalue weighted by Crippen LogP contribution is -2.40. The van der Waals surface area contributed by atoms with Crippen molar-refractivity contribution in [3.8, 4) is 0 Å². The van der Waals surface area contributed by atoms with Gasteiger partial charge in [-0.05, 0) is 24.3 Å². The molecule has 2 heterocycles. The van der Waals surface area contributed by atoms with Gasteiger partial charge in [0.15, 0.2) is 18.4 Å². The van der Waals surface area contributed by atoms with E-state index in [2.05, 4.69) is 21.9 Å². The van der Waals surface area contributed by atoms with Gasteiger partial charge in [0.2, 0.25) is 0 Å². The maximum absolute atomic E-state index is 9.64. The average Bonchev–Trinajstić information content (AvgIpc) is 2.93. The molecule has 20 heavy (non-hydrogen) atoms. The number of aromatic nitrogens is 1. The van der Waals surface area contributed by atoms with Gasteiger partial charge in [-0.2, -0.15) is 0 Å². The number of aliphatic hydroxyl groups excluding tert-OH is 1. The Balaban J connectivity index is 1.83. The number of anilines is 2. The molecule has 2 aromatic rings. The van der Waals surface area contributed by atoms with Crippen LogP contribution in [0.3, 0.4) is 0 Å². The standard InChI is InChI=1S/C16H20N3O/c17-13-4-6-14(7-5-13)19-11-15(10-16(19)12-20)18-8-2-1-3-9-18/h1-9,15-16,20H,10-12,17H2/q+1. The molecule has 2 unspecified atom stereocenters. The van der Waals surface area contributed by atoms with E-state index in [0.717, 1.165) is 24.3 Å². The Labute approximate surface area is 119 Å². The summed E-state index contributed by atoms with van der Waals surface area (Å²) >= 11 is 0. The van der Waals surface area contributed by atoms with Crippen molar-refractivity contribution in [3.63, 3.8) is 0 Å². The second-order valence-corrected chi connectivity index (χ2v) is 5.29. The van der Waals surface area contributed by atoms with E-state index in [9.17, 15) is 5.11 Å². The number of nitrogens with two attached hydrogens (primary N) is 1. The fourth-order valence-corrected chi connectivity index (χ4v) is 2.92. The van der Waals surface area contributed by atoms with Gasteiger partial charge in [0.05, 0.1) is 19.2 Å². The van der Waals surface area contributed by atoms with Crippen LogP contribution in [0.1, 0.15) is 12.5 Å². The quantitative estimate of drug-likeness (QED) is 0.654. The third-order valence-corrected chi connectivity index (χ3v) is 3.99. The number of nitrogens with zero attached hydrogens (tertiary/aromatic N) is 2. The molecule has 4 nitrogen and oxygen atoms in total. The average molecular weight is 270 g/mol. The van der Waals surface area contributed by atoms with E-state index in [1.165, 1.54) is 0 Å². The van der Waals surface area contributed by atoms with E-state index in [0.29, 0.717) is 6.04 Å². The van der Waals surface area contributed by atoms with Crippen molar-refractivity contribution < 1.29 is 9.67 Å². The number of rotatable bonds is 3. The minimum absolute atomic E-state index is 0.163. The van der Waals surface area contributed by atoms with Crippen molar-refractivity contribution in [2.75, 3.05) is 23.8 Å². The molecular formula is C16H20N3O+. The summed E-state index contributed by atoms with van der Waals surface area (Å²) in [5, 5.41) is 9.64. The molecule has 0 amide bonds. The number of benzene rings is 1. The van der Waals surface area contributed by atoms with Gasteiger partial charge >= 0.3 is 0 Å². The van der Waals surface area contributed by atoms with Crippen molar-refractivity contribution in [2.45, 2.75) is 18.5 Å². The molecule has 2 atom stereocenters. The van der Waals surface area contributed by atoms with Gasteiger partial charge in [-0.15, -0.1) is 0 Å². The van der Waals surface area contributed by atoms with Gasteiger partial charge in [-0.25, -0.2) is 4.57 Å².